The summed E-state index contributed by atoms with van der Waals surface area (Å²) in [6.07, 6.45) is 8.07. The van der Waals surface area contributed by atoms with E-state index in [4.69, 9.17) is 16.7 Å². The number of hydrogen-bond acceptors (Lipinski definition) is 7. The third-order valence-electron chi connectivity index (χ3n) is 5.71. The van der Waals surface area contributed by atoms with Crippen molar-refractivity contribution in [3.05, 3.63) is 23.6 Å². The second kappa shape index (κ2) is 6.59. The van der Waals surface area contributed by atoms with Crippen LogP contribution in [-0.4, -0.2) is 56.0 Å². The van der Waals surface area contributed by atoms with Crippen LogP contribution in [-0.2, 0) is 11.3 Å². The maximum atomic E-state index is 12.2. The van der Waals surface area contributed by atoms with Gasteiger partial charge in [0.2, 0.25) is 11.9 Å². The number of nitrogens with zero attached hydrogens (tertiary/aromatic N) is 5. The maximum absolute atomic E-state index is 12.2. The molecular weight excluding hydrogens is 382 g/mol. The van der Waals surface area contributed by atoms with E-state index in [2.05, 4.69) is 30.6 Å². The number of halogens is 1. The molecule has 3 N–H and O–H groups in total. The minimum Gasteiger partial charge on any atom is -0.394 e. The number of carbonyl (C=O) groups excluding carboxylic acids is 1. The summed E-state index contributed by atoms with van der Waals surface area (Å²) in [7, 11) is 0. The molecule has 28 heavy (non-hydrogen) atoms. The van der Waals surface area contributed by atoms with Gasteiger partial charge in [-0.15, -0.1) is 0 Å². The Hall–Kier alpha value is -2.39. The van der Waals surface area contributed by atoms with Crippen LogP contribution in [0.4, 0.5) is 17.5 Å². The average Bonchev–Trinajstić information content (AvgIpc) is 3.56. The molecule has 9 nitrogen and oxygen atoms in total. The molecule has 0 aromatic carbocycles. The molecule has 2 aromatic heterocycles. The van der Waals surface area contributed by atoms with E-state index in [9.17, 15) is 4.79 Å². The van der Waals surface area contributed by atoms with Gasteiger partial charge in [-0.05, 0) is 19.3 Å². The number of rotatable bonds is 7. The molecule has 2 atom stereocenters. The summed E-state index contributed by atoms with van der Waals surface area (Å²) < 4.78 is 1.64. The first-order chi connectivity index (χ1) is 13.6. The van der Waals surface area contributed by atoms with Crippen molar-refractivity contribution < 1.29 is 9.90 Å². The zero-order valence-electron chi connectivity index (χ0n) is 15.3. The summed E-state index contributed by atoms with van der Waals surface area (Å²) in [5, 5.41) is 20.0. The molecule has 1 saturated heterocycles. The van der Waals surface area contributed by atoms with E-state index >= 15 is 0 Å². The molecule has 2 aromatic rings. The molecule has 3 fully saturated rings. The van der Waals surface area contributed by atoms with Gasteiger partial charge in [-0.25, -0.2) is 4.98 Å². The van der Waals surface area contributed by atoms with Gasteiger partial charge in [0.25, 0.3) is 0 Å². The van der Waals surface area contributed by atoms with Crippen LogP contribution < -0.4 is 15.5 Å². The molecule has 0 bridgehead atoms. The van der Waals surface area contributed by atoms with Gasteiger partial charge in [0.05, 0.1) is 36.8 Å². The monoisotopic (exact) mass is 403 g/mol. The highest BCUT2D eigenvalue weighted by molar-refractivity contribution is 6.32. The van der Waals surface area contributed by atoms with Crippen LogP contribution in [0.5, 0.6) is 0 Å². The van der Waals surface area contributed by atoms with Gasteiger partial charge in [-0.1, -0.05) is 11.6 Å². The Kier molecular flexibility index (Phi) is 4.17. The highest BCUT2D eigenvalue weighted by Crippen LogP contribution is 2.51. The zero-order chi connectivity index (χ0) is 19.3. The Morgan fingerprint density at radius 1 is 1.39 bits per heavy atom. The number of aromatic nitrogens is 4. The van der Waals surface area contributed by atoms with E-state index in [1.165, 1.54) is 0 Å². The average molecular weight is 404 g/mol. The van der Waals surface area contributed by atoms with Crippen LogP contribution in [0.3, 0.4) is 0 Å². The Balaban J connectivity index is 1.29. The highest BCUT2D eigenvalue weighted by atomic mass is 35.5. The summed E-state index contributed by atoms with van der Waals surface area (Å²) >= 11 is 6.37. The number of amides is 1. The van der Waals surface area contributed by atoms with Crippen LogP contribution in [0.25, 0.3) is 0 Å². The van der Waals surface area contributed by atoms with Crippen molar-refractivity contribution in [2.45, 2.75) is 31.3 Å². The fourth-order valence-electron chi connectivity index (χ4n) is 3.95. The number of aliphatic hydroxyl groups is 1. The summed E-state index contributed by atoms with van der Waals surface area (Å²) in [4.78, 5) is 23.2. The summed E-state index contributed by atoms with van der Waals surface area (Å²) in [6, 6.07) is 0. The maximum Gasteiger partial charge on any atom is 0.229 e. The Labute approximate surface area is 167 Å². The molecular formula is C18H22ClN7O2. The van der Waals surface area contributed by atoms with Crippen LogP contribution in [0.15, 0.2) is 18.6 Å². The van der Waals surface area contributed by atoms with Gasteiger partial charge in [0, 0.05) is 31.1 Å². The SMILES string of the molecule is O=C(N[C@]12C[C@@H]1CN(c1nc(Nc3cnn(CCO)c3)ncc1Cl)C2)C1CC1. The molecule has 1 amide bonds. The Morgan fingerprint density at radius 2 is 2.25 bits per heavy atom. The molecule has 148 valence electrons. The quantitative estimate of drug-likeness (QED) is 0.636. The van der Waals surface area contributed by atoms with Crippen molar-refractivity contribution in [1.82, 2.24) is 25.1 Å². The van der Waals surface area contributed by atoms with E-state index in [0.29, 0.717) is 29.3 Å². The number of nitrogens with one attached hydrogen (secondary N) is 2. The van der Waals surface area contributed by atoms with Gasteiger partial charge in [0.1, 0.15) is 5.02 Å². The van der Waals surface area contributed by atoms with E-state index in [-0.39, 0.29) is 24.0 Å². The molecule has 1 aliphatic heterocycles. The summed E-state index contributed by atoms with van der Waals surface area (Å²) in [5.41, 5.74) is 0.617. The predicted molar refractivity (Wildman–Crippen MR) is 104 cm³/mol. The molecule has 5 rings (SSSR count). The molecule has 0 unspecified atom stereocenters. The Bertz CT molecular complexity index is 915. The minimum atomic E-state index is -0.118. The van der Waals surface area contributed by atoms with E-state index < -0.39 is 0 Å². The molecule has 2 saturated carbocycles. The molecule has 0 spiro atoms. The van der Waals surface area contributed by atoms with Gasteiger partial charge in [0.15, 0.2) is 5.82 Å². The molecule has 0 radical (unpaired) electrons. The van der Waals surface area contributed by atoms with E-state index in [1.807, 2.05) is 0 Å². The second-order valence-corrected chi connectivity index (χ2v) is 8.31. The third-order valence-corrected chi connectivity index (χ3v) is 5.98. The first-order valence-electron chi connectivity index (χ1n) is 9.56. The summed E-state index contributed by atoms with van der Waals surface area (Å²) in [5.74, 6) is 1.97. The number of aliphatic hydroxyl groups excluding tert-OH is 1. The fourth-order valence-corrected chi connectivity index (χ4v) is 4.16. The standard InChI is InChI=1S/C18H22ClN7O2/c19-14-7-20-17(22-13-6-21-26(9-13)3-4-27)23-15(14)25-8-12-5-18(12,10-25)24-16(28)11-1-2-11/h6-7,9,11-12,27H,1-5,8,10H2,(H,24,28)(H,20,22,23)/t12-,18+/m1/s1. The lowest BCUT2D eigenvalue weighted by Gasteiger charge is -2.23. The summed E-state index contributed by atoms with van der Waals surface area (Å²) in [6.45, 7) is 2.01. The number of hydrogen-bond donors (Lipinski definition) is 3. The van der Waals surface area contributed by atoms with Crippen LogP contribution in [0.2, 0.25) is 5.02 Å². The van der Waals surface area contributed by atoms with Crippen molar-refractivity contribution in [3.63, 3.8) is 0 Å². The zero-order valence-corrected chi connectivity index (χ0v) is 16.1. The lowest BCUT2D eigenvalue weighted by Crippen LogP contribution is -2.43. The normalized spacial score (nSPS) is 25.5. The highest BCUT2D eigenvalue weighted by Gasteiger charge is 2.62. The minimum absolute atomic E-state index is 0.0257. The van der Waals surface area contributed by atoms with Crippen molar-refractivity contribution in [1.29, 1.82) is 0 Å². The number of piperidine rings is 1. The molecule has 2 aliphatic carbocycles. The Morgan fingerprint density at radius 3 is 3.04 bits per heavy atom. The fraction of sp³-hybridized carbons (Fsp3) is 0.556. The van der Waals surface area contributed by atoms with Crippen molar-refractivity contribution >= 4 is 35.0 Å². The predicted octanol–water partition coefficient (Wildman–Crippen LogP) is 1.17. The van der Waals surface area contributed by atoms with E-state index in [1.54, 1.807) is 23.3 Å². The molecule has 3 heterocycles. The van der Waals surface area contributed by atoms with Gasteiger partial charge >= 0.3 is 0 Å². The van der Waals surface area contributed by atoms with Crippen molar-refractivity contribution in [3.8, 4) is 0 Å². The van der Waals surface area contributed by atoms with Gasteiger partial charge < -0.3 is 20.6 Å². The van der Waals surface area contributed by atoms with Gasteiger partial charge in [-0.3, -0.25) is 9.48 Å². The number of anilines is 3. The topological polar surface area (TPSA) is 108 Å². The van der Waals surface area contributed by atoms with Crippen LogP contribution in [0.1, 0.15) is 19.3 Å². The van der Waals surface area contributed by atoms with Crippen molar-refractivity contribution in [2.24, 2.45) is 11.8 Å². The largest absolute Gasteiger partial charge is 0.394 e. The van der Waals surface area contributed by atoms with Crippen LogP contribution in [0, 0.1) is 11.8 Å². The van der Waals surface area contributed by atoms with E-state index in [0.717, 1.165) is 38.0 Å². The number of fused-ring (bicyclic) bond motifs is 1. The first kappa shape index (κ1) is 17.7. The second-order valence-electron chi connectivity index (χ2n) is 7.91. The lowest BCUT2D eigenvalue weighted by atomic mass is 10.2. The molecule has 10 heteroatoms. The smallest absolute Gasteiger partial charge is 0.229 e. The third kappa shape index (κ3) is 3.29. The van der Waals surface area contributed by atoms with Crippen LogP contribution >= 0.6 is 11.6 Å². The molecule has 3 aliphatic rings. The first-order valence-corrected chi connectivity index (χ1v) is 9.94. The number of carbonyl (C=O) groups is 1. The van der Waals surface area contributed by atoms with Gasteiger partial charge in [-0.2, -0.15) is 10.1 Å². The lowest BCUT2D eigenvalue weighted by molar-refractivity contribution is -0.123. The van der Waals surface area contributed by atoms with Crippen molar-refractivity contribution in [2.75, 3.05) is 29.9 Å².